The van der Waals surface area contributed by atoms with Crippen LogP contribution >= 0.6 is 0 Å². The molecular formula is C9H16N4. The fourth-order valence-electron chi connectivity index (χ4n) is 1.56. The Morgan fingerprint density at radius 3 is 3.08 bits per heavy atom. The van der Waals surface area contributed by atoms with Gasteiger partial charge in [-0.3, -0.25) is 5.10 Å². The maximum absolute atomic E-state index is 4.06. The Morgan fingerprint density at radius 1 is 1.54 bits per heavy atom. The van der Waals surface area contributed by atoms with E-state index in [0.29, 0.717) is 0 Å². The molecule has 2 rings (SSSR count). The number of nitrogens with zero attached hydrogens (tertiary/aromatic N) is 2. The molecule has 0 aromatic carbocycles. The Morgan fingerprint density at radius 2 is 2.46 bits per heavy atom. The highest BCUT2D eigenvalue weighted by atomic mass is 15.2. The zero-order chi connectivity index (χ0) is 8.93. The van der Waals surface area contributed by atoms with Gasteiger partial charge in [-0.15, -0.1) is 0 Å². The summed E-state index contributed by atoms with van der Waals surface area (Å²) >= 11 is 0. The smallest absolute Gasteiger partial charge is 0.137 e. The highest BCUT2D eigenvalue weighted by molar-refractivity contribution is 4.81. The van der Waals surface area contributed by atoms with E-state index < -0.39 is 0 Å². The highest BCUT2D eigenvalue weighted by Gasteiger charge is 2.15. The topological polar surface area (TPSA) is 53.6 Å². The van der Waals surface area contributed by atoms with E-state index in [1.54, 1.807) is 6.33 Å². The summed E-state index contributed by atoms with van der Waals surface area (Å²) in [6.45, 7) is 2.18. The third-order valence-corrected chi connectivity index (χ3v) is 2.66. The van der Waals surface area contributed by atoms with Crippen LogP contribution in [0.25, 0.3) is 0 Å². The van der Waals surface area contributed by atoms with Crippen LogP contribution < -0.4 is 5.32 Å². The lowest BCUT2D eigenvalue weighted by Crippen LogP contribution is -2.28. The molecule has 0 bridgehead atoms. The molecule has 4 heteroatoms. The van der Waals surface area contributed by atoms with Crippen LogP contribution in [0.4, 0.5) is 0 Å². The Hall–Kier alpha value is -0.900. The van der Waals surface area contributed by atoms with E-state index in [2.05, 4.69) is 20.5 Å². The van der Waals surface area contributed by atoms with Crippen molar-refractivity contribution in [3.8, 4) is 0 Å². The molecule has 0 unspecified atom stereocenters. The van der Waals surface area contributed by atoms with Gasteiger partial charge in [0.2, 0.25) is 0 Å². The van der Waals surface area contributed by atoms with Crippen LogP contribution in [0.15, 0.2) is 6.33 Å². The minimum absolute atomic E-state index is 0.940. The Balaban J connectivity index is 1.53. The second kappa shape index (κ2) is 4.37. The number of H-pyrrole nitrogens is 1. The average molecular weight is 180 g/mol. The predicted molar refractivity (Wildman–Crippen MR) is 50.3 cm³/mol. The van der Waals surface area contributed by atoms with Gasteiger partial charge in [-0.1, -0.05) is 6.42 Å². The van der Waals surface area contributed by atoms with Crippen LogP contribution in [0, 0.1) is 5.92 Å². The summed E-state index contributed by atoms with van der Waals surface area (Å²) in [4.78, 5) is 4.06. The molecule has 1 aliphatic carbocycles. The molecule has 2 N–H and O–H groups in total. The second-order valence-electron chi connectivity index (χ2n) is 3.68. The van der Waals surface area contributed by atoms with Crippen LogP contribution in [-0.2, 0) is 6.42 Å². The van der Waals surface area contributed by atoms with E-state index in [-0.39, 0.29) is 0 Å². The van der Waals surface area contributed by atoms with Gasteiger partial charge in [0.15, 0.2) is 0 Å². The molecule has 0 radical (unpaired) electrons. The lowest BCUT2D eigenvalue weighted by atomic mass is 9.85. The minimum Gasteiger partial charge on any atom is -0.316 e. The maximum Gasteiger partial charge on any atom is 0.137 e. The Bertz CT molecular complexity index is 228. The van der Waals surface area contributed by atoms with Crippen LogP contribution in [0.2, 0.25) is 0 Å². The van der Waals surface area contributed by atoms with Crippen molar-refractivity contribution in [2.24, 2.45) is 5.92 Å². The van der Waals surface area contributed by atoms with Gasteiger partial charge in [-0.2, -0.15) is 5.10 Å². The zero-order valence-electron chi connectivity index (χ0n) is 7.79. The number of nitrogens with one attached hydrogen (secondary N) is 2. The molecule has 1 aliphatic rings. The molecule has 1 fully saturated rings. The number of aromatic amines is 1. The zero-order valence-corrected chi connectivity index (χ0v) is 7.79. The summed E-state index contributed by atoms with van der Waals surface area (Å²) in [5.74, 6) is 1.91. The molecule has 1 aromatic heterocycles. The van der Waals surface area contributed by atoms with Gasteiger partial charge in [0.05, 0.1) is 0 Å². The molecular weight excluding hydrogens is 164 g/mol. The van der Waals surface area contributed by atoms with Crippen molar-refractivity contribution < 1.29 is 0 Å². The first-order valence-electron chi connectivity index (χ1n) is 5.00. The second-order valence-corrected chi connectivity index (χ2v) is 3.68. The van der Waals surface area contributed by atoms with Gasteiger partial charge >= 0.3 is 0 Å². The molecule has 0 amide bonds. The fourth-order valence-corrected chi connectivity index (χ4v) is 1.56. The largest absolute Gasteiger partial charge is 0.316 e. The lowest BCUT2D eigenvalue weighted by molar-refractivity contribution is 0.302. The first kappa shape index (κ1) is 8.69. The van der Waals surface area contributed by atoms with E-state index in [9.17, 15) is 0 Å². The van der Waals surface area contributed by atoms with Gasteiger partial charge in [-0.25, -0.2) is 4.98 Å². The van der Waals surface area contributed by atoms with Crippen molar-refractivity contribution in [1.82, 2.24) is 20.5 Å². The van der Waals surface area contributed by atoms with Crippen molar-refractivity contribution in [3.63, 3.8) is 0 Å². The van der Waals surface area contributed by atoms with Crippen LogP contribution in [0.3, 0.4) is 0 Å². The molecule has 4 nitrogen and oxygen atoms in total. The van der Waals surface area contributed by atoms with Crippen molar-refractivity contribution >= 4 is 0 Å². The van der Waals surface area contributed by atoms with Crippen LogP contribution in [-0.4, -0.2) is 28.3 Å². The van der Waals surface area contributed by atoms with E-state index in [1.165, 1.54) is 25.8 Å². The Kier molecular flexibility index (Phi) is 2.92. The van der Waals surface area contributed by atoms with Crippen LogP contribution in [0.1, 0.15) is 25.1 Å². The maximum atomic E-state index is 4.06. The summed E-state index contributed by atoms with van der Waals surface area (Å²) in [7, 11) is 0. The predicted octanol–water partition coefficient (Wildman–Crippen LogP) is 0.737. The normalized spacial score (nSPS) is 17.2. The summed E-state index contributed by atoms with van der Waals surface area (Å²) in [5, 5.41) is 10.1. The number of rotatable bonds is 5. The number of hydrogen-bond donors (Lipinski definition) is 2. The van der Waals surface area contributed by atoms with Gasteiger partial charge < -0.3 is 5.32 Å². The number of hydrogen-bond acceptors (Lipinski definition) is 3. The van der Waals surface area contributed by atoms with Crippen molar-refractivity contribution in [2.75, 3.05) is 13.1 Å². The van der Waals surface area contributed by atoms with E-state index in [1.807, 2.05) is 0 Å². The van der Waals surface area contributed by atoms with E-state index in [4.69, 9.17) is 0 Å². The number of aromatic nitrogens is 3. The quantitative estimate of drug-likeness (QED) is 0.657. The molecule has 72 valence electrons. The molecule has 0 spiro atoms. The molecule has 1 heterocycles. The molecule has 0 atom stereocenters. The van der Waals surface area contributed by atoms with Crippen molar-refractivity contribution in [2.45, 2.75) is 25.7 Å². The Labute approximate surface area is 78.1 Å². The van der Waals surface area contributed by atoms with Gasteiger partial charge in [-0.05, 0) is 25.3 Å². The third kappa shape index (κ3) is 2.52. The summed E-state index contributed by atoms with van der Waals surface area (Å²) in [6.07, 6.45) is 6.76. The first-order chi connectivity index (χ1) is 6.45. The highest BCUT2D eigenvalue weighted by Crippen LogP contribution is 2.24. The summed E-state index contributed by atoms with van der Waals surface area (Å²) < 4.78 is 0. The molecule has 13 heavy (non-hydrogen) atoms. The monoisotopic (exact) mass is 180 g/mol. The third-order valence-electron chi connectivity index (χ3n) is 2.66. The molecule has 0 saturated heterocycles. The van der Waals surface area contributed by atoms with Crippen molar-refractivity contribution in [3.05, 3.63) is 12.2 Å². The van der Waals surface area contributed by atoms with Gasteiger partial charge in [0, 0.05) is 13.0 Å². The van der Waals surface area contributed by atoms with Crippen LogP contribution in [0.5, 0.6) is 0 Å². The summed E-state index contributed by atoms with van der Waals surface area (Å²) in [6, 6.07) is 0. The summed E-state index contributed by atoms with van der Waals surface area (Å²) in [5.41, 5.74) is 0. The van der Waals surface area contributed by atoms with Crippen molar-refractivity contribution in [1.29, 1.82) is 0 Å². The average Bonchev–Trinajstić information content (AvgIpc) is 2.53. The van der Waals surface area contributed by atoms with Gasteiger partial charge in [0.1, 0.15) is 12.2 Å². The van der Waals surface area contributed by atoms with Gasteiger partial charge in [0.25, 0.3) is 0 Å². The van der Waals surface area contributed by atoms with E-state index >= 15 is 0 Å². The SMILES string of the molecule is c1n[nH]c(CCNCC2CCC2)n1. The van der Waals surface area contributed by atoms with E-state index in [0.717, 1.165) is 24.7 Å². The lowest BCUT2D eigenvalue weighted by Gasteiger charge is -2.25. The minimum atomic E-state index is 0.940. The first-order valence-corrected chi connectivity index (χ1v) is 5.00. The molecule has 0 aliphatic heterocycles. The molecule has 1 saturated carbocycles. The standard InChI is InChI=1S/C9H16N4/c1-2-8(3-1)6-10-5-4-9-11-7-12-13-9/h7-8,10H,1-6H2,(H,11,12,13). The molecule has 1 aromatic rings. The fraction of sp³-hybridized carbons (Fsp3) is 0.778.